The smallest absolute Gasteiger partial charge is 0.337 e. The highest BCUT2D eigenvalue weighted by Crippen LogP contribution is 2.21. The van der Waals surface area contributed by atoms with E-state index in [1.54, 1.807) is 0 Å². The SMILES string of the molecule is COC(=O)C(O)C(O)c1cnc(F)c(Cl)c1. The molecular weight excluding hydrogens is 241 g/mol. The molecule has 0 amide bonds. The number of rotatable bonds is 3. The maximum Gasteiger partial charge on any atom is 0.337 e. The summed E-state index contributed by atoms with van der Waals surface area (Å²) in [5.74, 6) is -1.90. The van der Waals surface area contributed by atoms with Gasteiger partial charge in [0, 0.05) is 11.8 Å². The van der Waals surface area contributed by atoms with Gasteiger partial charge < -0.3 is 14.9 Å². The van der Waals surface area contributed by atoms with Gasteiger partial charge in [-0.15, -0.1) is 0 Å². The van der Waals surface area contributed by atoms with E-state index >= 15 is 0 Å². The molecule has 0 radical (unpaired) electrons. The molecule has 1 heterocycles. The molecule has 2 atom stereocenters. The van der Waals surface area contributed by atoms with Gasteiger partial charge in [-0.05, 0) is 6.07 Å². The van der Waals surface area contributed by atoms with Crippen LogP contribution in [0.2, 0.25) is 5.02 Å². The lowest BCUT2D eigenvalue weighted by Gasteiger charge is -2.15. The standard InChI is InChI=1S/C9H9ClFNO4/c1-16-9(15)7(14)6(13)4-2-5(10)8(11)12-3-4/h2-3,6-7,13-14H,1H3. The molecule has 0 aliphatic rings. The lowest BCUT2D eigenvalue weighted by atomic mass is 10.1. The van der Waals surface area contributed by atoms with Crippen LogP contribution in [0.1, 0.15) is 11.7 Å². The second-order valence-corrected chi connectivity index (χ2v) is 3.36. The van der Waals surface area contributed by atoms with Crippen LogP contribution >= 0.6 is 11.6 Å². The Kier molecular flexibility index (Phi) is 4.17. The molecule has 0 aromatic carbocycles. The fraction of sp³-hybridized carbons (Fsp3) is 0.333. The van der Waals surface area contributed by atoms with E-state index in [1.807, 2.05) is 0 Å². The number of ether oxygens (including phenoxy) is 1. The topological polar surface area (TPSA) is 79.7 Å². The van der Waals surface area contributed by atoms with Crippen LogP contribution in [0, 0.1) is 5.95 Å². The number of aliphatic hydroxyl groups is 2. The summed E-state index contributed by atoms with van der Waals surface area (Å²) in [5, 5.41) is 18.5. The Morgan fingerprint density at radius 2 is 2.25 bits per heavy atom. The van der Waals surface area contributed by atoms with Gasteiger partial charge in [-0.1, -0.05) is 11.6 Å². The second-order valence-electron chi connectivity index (χ2n) is 2.95. The first-order chi connectivity index (χ1) is 7.47. The molecule has 1 aromatic heterocycles. The molecule has 1 rings (SSSR count). The van der Waals surface area contributed by atoms with Gasteiger partial charge in [-0.2, -0.15) is 4.39 Å². The van der Waals surface area contributed by atoms with Crippen LogP contribution in [-0.4, -0.2) is 34.4 Å². The van der Waals surface area contributed by atoms with Gasteiger partial charge in [-0.3, -0.25) is 0 Å². The molecule has 2 unspecified atom stereocenters. The zero-order chi connectivity index (χ0) is 12.3. The summed E-state index contributed by atoms with van der Waals surface area (Å²) in [4.78, 5) is 14.2. The summed E-state index contributed by atoms with van der Waals surface area (Å²) in [6.45, 7) is 0. The average molecular weight is 250 g/mol. The Morgan fingerprint density at radius 3 is 2.75 bits per heavy atom. The van der Waals surface area contributed by atoms with Crippen molar-refractivity contribution in [2.24, 2.45) is 0 Å². The van der Waals surface area contributed by atoms with Crippen molar-refractivity contribution in [3.8, 4) is 0 Å². The predicted molar refractivity (Wildman–Crippen MR) is 52.2 cm³/mol. The number of aromatic nitrogens is 1. The molecule has 0 aliphatic heterocycles. The van der Waals surface area contributed by atoms with Gasteiger partial charge in [0.05, 0.1) is 12.1 Å². The molecular formula is C9H9ClFNO4. The fourth-order valence-electron chi connectivity index (χ4n) is 1.03. The van der Waals surface area contributed by atoms with Crippen molar-refractivity contribution in [2.45, 2.75) is 12.2 Å². The van der Waals surface area contributed by atoms with Gasteiger partial charge >= 0.3 is 5.97 Å². The fourth-order valence-corrected chi connectivity index (χ4v) is 1.20. The number of hydrogen-bond acceptors (Lipinski definition) is 5. The second kappa shape index (κ2) is 5.20. The van der Waals surface area contributed by atoms with Crippen LogP contribution in [0.4, 0.5) is 4.39 Å². The normalized spacial score (nSPS) is 14.3. The molecule has 1 aromatic rings. The predicted octanol–water partition coefficient (Wildman–Crippen LogP) is 0.441. The lowest BCUT2D eigenvalue weighted by Crippen LogP contribution is -2.29. The number of hydrogen-bond donors (Lipinski definition) is 2. The highest BCUT2D eigenvalue weighted by atomic mass is 35.5. The van der Waals surface area contributed by atoms with E-state index in [9.17, 15) is 19.4 Å². The lowest BCUT2D eigenvalue weighted by molar-refractivity contribution is -0.156. The number of carbonyl (C=O) groups is 1. The highest BCUT2D eigenvalue weighted by molar-refractivity contribution is 6.30. The monoisotopic (exact) mass is 249 g/mol. The Hall–Kier alpha value is -1.24. The minimum Gasteiger partial charge on any atom is -0.467 e. The molecule has 0 saturated heterocycles. The zero-order valence-electron chi connectivity index (χ0n) is 8.22. The van der Waals surface area contributed by atoms with E-state index in [0.717, 1.165) is 19.4 Å². The first-order valence-corrected chi connectivity index (χ1v) is 4.60. The van der Waals surface area contributed by atoms with Crippen LogP contribution in [0.15, 0.2) is 12.3 Å². The van der Waals surface area contributed by atoms with Crippen molar-refractivity contribution in [2.75, 3.05) is 7.11 Å². The van der Waals surface area contributed by atoms with Gasteiger partial charge in [-0.25, -0.2) is 9.78 Å². The number of halogens is 2. The minimum atomic E-state index is -1.77. The maximum atomic E-state index is 12.7. The number of aliphatic hydroxyl groups excluding tert-OH is 2. The molecule has 88 valence electrons. The van der Waals surface area contributed by atoms with Crippen molar-refractivity contribution in [1.82, 2.24) is 4.98 Å². The largest absolute Gasteiger partial charge is 0.467 e. The number of methoxy groups -OCH3 is 1. The molecule has 7 heteroatoms. The zero-order valence-corrected chi connectivity index (χ0v) is 8.98. The average Bonchev–Trinajstić information content (AvgIpc) is 2.29. The van der Waals surface area contributed by atoms with E-state index < -0.39 is 24.1 Å². The summed E-state index contributed by atoms with van der Waals surface area (Å²) >= 11 is 5.43. The third kappa shape index (κ3) is 2.66. The summed E-state index contributed by atoms with van der Waals surface area (Å²) in [7, 11) is 1.06. The number of esters is 1. The van der Waals surface area contributed by atoms with Gasteiger partial charge in [0.15, 0.2) is 6.10 Å². The van der Waals surface area contributed by atoms with Crippen LogP contribution in [-0.2, 0) is 9.53 Å². The molecule has 0 aliphatic carbocycles. The number of nitrogens with zero attached hydrogens (tertiary/aromatic N) is 1. The van der Waals surface area contributed by atoms with Crippen molar-refractivity contribution in [3.63, 3.8) is 0 Å². The maximum absolute atomic E-state index is 12.7. The Bertz CT molecular complexity index is 401. The van der Waals surface area contributed by atoms with E-state index in [2.05, 4.69) is 9.72 Å². The van der Waals surface area contributed by atoms with Crippen LogP contribution in [0.3, 0.4) is 0 Å². The third-order valence-corrected chi connectivity index (χ3v) is 2.17. The summed E-state index contributed by atoms with van der Waals surface area (Å²) in [6.07, 6.45) is -2.37. The van der Waals surface area contributed by atoms with Crippen LogP contribution < -0.4 is 0 Å². The van der Waals surface area contributed by atoms with Crippen molar-refractivity contribution >= 4 is 17.6 Å². The van der Waals surface area contributed by atoms with E-state index in [-0.39, 0.29) is 10.6 Å². The summed E-state index contributed by atoms with van der Waals surface area (Å²) in [5.41, 5.74) is 0.0179. The molecule has 0 saturated carbocycles. The molecule has 0 fully saturated rings. The third-order valence-electron chi connectivity index (χ3n) is 1.90. The van der Waals surface area contributed by atoms with Gasteiger partial charge in [0.1, 0.15) is 6.10 Å². The quantitative estimate of drug-likeness (QED) is 0.600. The molecule has 5 nitrogen and oxygen atoms in total. The van der Waals surface area contributed by atoms with Gasteiger partial charge in [0.25, 0.3) is 0 Å². The molecule has 2 N–H and O–H groups in total. The number of pyridine rings is 1. The number of carbonyl (C=O) groups excluding carboxylic acids is 1. The van der Waals surface area contributed by atoms with E-state index in [0.29, 0.717) is 0 Å². The van der Waals surface area contributed by atoms with Gasteiger partial charge in [0.2, 0.25) is 5.95 Å². The van der Waals surface area contributed by atoms with Crippen LogP contribution in [0.25, 0.3) is 0 Å². The summed E-state index contributed by atoms with van der Waals surface area (Å²) in [6, 6.07) is 1.07. The van der Waals surface area contributed by atoms with Crippen molar-refractivity contribution < 1.29 is 24.1 Å². The highest BCUT2D eigenvalue weighted by Gasteiger charge is 2.27. The Labute approximate surface area is 95.4 Å². The first-order valence-electron chi connectivity index (χ1n) is 4.22. The van der Waals surface area contributed by atoms with E-state index in [4.69, 9.17) is 11.6 Å². The summed E-state index contributed by atoms with van der Waals surface area (Å²) < 4.78 is 16.9. The first kappa shape index (κ1) is 12.8. The molecule has 0 bridgehead atoms. The Morgan fingerprint density at radius 1 is 1.62 bits per heavy atom. The molecule has 16 heavy (non-hydrogen) atoms. The van der Waals surface area contributed by atoms with Crippen molar-refractivity contribution in [3.05, 3.63) is 28.8 Å². The van der Waals surface area contributed by atoms with E-state index in [1.165, 1.54) is 0 Å². The molecule has 0 spiro atoms. The Balaban J connectivity index is 2.91. The minimum absolute atomic E-state index is 0.0179. The van der Waals surface area contributed by atoms with Crippen molar-refractivity contribution in [1.29, 1.82) is 0 Å². The van der Waals surface area contributed by atoms with Crippen LogP contribution in [0.5, 0.6) is 0 Å².